The first-order chi connectivity index (χ1) is 15.4. The second kappa shape index (κ2) is 13.6. The van der Waals surface area contributed by atoms with Gasteiger partial charge >= 0.3 is 0 Å². The Balaban J connectivity index is 1.91. The van der Waals surface area contributed by atoms with Crippen LogP contribution in [0.5, 0.6) is 17.2 Å². The zero-order chi connectivity index (χ0) is 23.3. The third-order valence-corrected chi connectivity index (χ3v) is 4.99. The van der Waals surface area contributed by atoms with Gasteiger partial charge in [-0.2, -0.15) is 0 Å². The Hall–Kier alpha value is -2.80. The summed E-state index contributed by atoms with van der Waals surface area (Å²) >= 11 is 5.31. The van der Waals surface area contributed by atoms with Gasteiger partial charge in [0.1, 0.15) is 5.75 Å². The molecular formula is C25H34N2O4S. The smallest absolute Gasteiger partial charge is 0.261 e. The molecule has 0 bridgehead atoms. The largest absolute Gasteiger partial charge is 0.493 e. The third kappa shape index (κ3) is 8.38. The molecule has 2 aromatic rings. The molecular weight excluding hydrogens is 424 g/mol. The lowest BCUT2D eigenvalue weighted by Gasteiger charge is -2.15. The van der Waals surface area contributed by atoms with Crippen molar-refractivity contribution < 1.29 is 19.0 Å². The topological polar surface area (TPSA) is 68.8 Å². The molecule has 0 radical (unpaired) electrons. The maximum atomic E-state index is 12.7. The molecule has 6 nitrogen and oxygen atoms in total. The predicted octanol–water partition coefficient (Wildman–Crippen LogP) is 5.10. The Morgan fingerprint density at radius 2 is 1.78 bits per heavy atom. The van der Waals surface area contributed by atoms with Crippen molar-refractivity contribution in [3.05, 3.63) is 53.6 Å². The normalized spacial score (nSPS) is 10.5. The van der Waals surface area contributed by atoms with Gasteiger partial charge < -0.3 is 19.5 Å². The van der Waals surface area contributed by atoms with Crippen molar-refractivity contribution in [1.29, 1.82) is 0 Å². The maximum Gasteiger partial charge on any atom is 0.261 e. The number of methoxy groups -OCH3 is 1. The van der Waals surface area contributed by atoms with Crippen molar-refractivity contribution in [1.82, 2.24) is 10.6 Å². The first-order valence-corrected chi connectivity index (χ1v) is 11.5. The first kappa shape index (κ1) is 25.5. The fourth-order valence-electron chi connectivity index (χ4n) is 2.85. The molecule has 1 amide bonds. The van der Waals surface area contributed by atoms with Crippen LogP contribution < -0.4 is 24.8 Å². The van der Waals surface area contributed by atoms with Crippen LogP contribution in [0.3, 0.4) is 0 Å². The van der Waals surface area contributed by atoms with Gasteiger partial charge in [0, 0.05) is 6.54 Å². The molecule has 174 valence electrons. The highest BCUT2D eigenvalue weighted by molar-refractivity contribution is 7.80. The maximum absolute atomic E-state index is 12.7. The van der Waals surface area contributed by atoms with E-state index in [1.165, 1.54) is 0 Å². The Morgan fingerprint density at radius 3 is 2.50 bits per heavy atom. The van der Waals surface area contributed by atoms with Gasteiger partial charge in [0.2, 0.25) is 0 Å². The molecule has 2 aromatic carbocycles. The SMILES string of the molecule is CCCCOc1ccc(CNC(=S)NC(=O)c2ccccc2OCCC(C)C)cc1OC. The number of carbonyl (C=O) groups excluding carboxylic acids is 1. The van der Waals surface area contributed by atoms with Crippen molar-refractivity contribution >= 4 is 23.2 Å². The Bertz CT molecular complexity index is 886. The van der Waals surface area contributed by atoms with Gasteiger partial charge in [0.25, 0.3) is 5.91 Å². The van der Waals surface area contributed by atoms with E-state index in [4.69, 9.17) is 26.4 Å². The molecule has 0 aliphatic heterocycles. The molecule has 0 saturated heterocycles. The van der Waals surface area contributed by atoms with Crippen LogP contribution in [0.2, 0.25) is 0 Å². The third-order valence-electron chi connectivity index (χ3n) is 4.75. The summed E-state index contributed by atoms with van der Waals surface area (Å²) in [4.78, 5) is 12.7. The van der Waals surface area contributed by atoms with Gasteiger partial charge in [-0.15, -0.1) is 0 Å². The van der Waals surface area contributed by atoms with E-state index < -0.39 is 0 Å². The van der Waals surface area contributed by atoms with E-state index >= 15 is 0 Å². The predicted molar refractivity (Wildman–Crippen MR) is 132 cm³/mol. The van der Waals surface area contributed by atoms with Crippen LogP contribution in [0.1, 0.15) is 56.0 Å². The van der Waals surface area contributed by atoms with Crippen LogP contribution in [0, 0.1) is 5.92 Å². The van der Waals surface area contributed by atoms with Crippen molar-refractivity contribution in [2.75, 3.05) is 20.3 Å². The Kier molecular flexibility index (Phi) is 10.8. The molecule has 7 heteroatoms. The second-order valence-corrected chi connectivity index (χ2v) is 8.26. The van der Waals surface area contributed by atoms with Crippen LogP contribution in [0.15, 0.2) is 42.5 Å². The second-order valence-electron chi connectivity index (χ2n) is 7.85. The molecule has 0 atom stereocenters. The minimum Gasteiger partial charge on any atom is -0.493 e. The molecule has 2 N–H and O–H groups in total. The summed E-state index contributed by atoms with van der Waals surface area (Å²) in [6.07, 6.45) is 2.98. The summed E-state index contributed by atoms with van der Waals surface area (Å²) < 4.78 is 17.0. The van der Waals surface area contributed by atoms with Crippen molar-refractivity contribution in [2.24, 2.45) is 5.92 Å². The lowest BCUT2D eigenvalue weighted by atomic mass is 10.1. The standard InChI is InChI=1S/C25H34N2O4S/c1-5-6-14-30-22-12-11-19(16-23(22)29-4)17-26-25(32)27-24(28)20-9-7-8-10-21(20)31-15-13-18(2)3/h7-12,16,18H,5-6,13-15,17H2,1-4H3,(H2,26,27,28,32). The number of thiocarbonyl (C=S) groups is 1. The summed E-state index contributed by atoms with van der Waals surface area (Å²) in [5.41, 5.74) is 1.41. The highest BCUT2D eigenvalue weighted by Crippen LogP contribution is 2.28. The van der Waals surface area contributed by atoms with Gasteiger partial charge in [-0.1, -0.05) is 45.4 Å². The summed E-state index contributed by atoms with van der Waals surface area (Å²) in [6.45, 7) is 8.05. The van der Waals surface area contributed by atoms with Crippen LogP contribution in [-0.2, 0) is 6.54 Å². The van der Waals surface area contributed by atoms with Crippen molar-refractivity contribution in [3.8, 4) is 17.2 Å². The molecule has 0 saturated carbocycles. The molecule has 0 fully saturated rings. The highest BCUT2D eigenvalue weighted by atomic mass is 32.1. The van der Waals surface area contributed by atoms with E-state index in [1.54, 1.807) is 25.3 Å². The molecule has 0 heterocycles. The number of rotatable bonds is 12. The Labute approximate surface area is 196 Å². The summed E-state index contributed by atoms with van der Waals surface area (Å²) in [5, 5.41) is 6.03. The molecule has 0 aliphatic rings. The summed E-state index contributed by atoms with van der Waals surface area (Å²) in [7, 11) is 1.62. The van der Waals surface area contributed by atoms with Crippen molar-refractivity contribution in [3.63, 3.8) is 0 Å². The quantitative estimate of drug-likeness (QED) is 0.341. The molecule has 0 aromatic heterocycles. The van der Waals surface area contributed by atoms with Gasteiger partial charge in [-0.25, -0.2) is 0 Å². The Morgan fingerprint density at radius 1 is 1.03 bits per heavy atom. The average molecular weight is 459 g/mol. The van der Waals surface area contributed by atoms with Crippen molar-refractivity contribution in [2.45, 2.75) is 46.6 Å². The summed E-state index contributed by atoms with van der Waals surface area (Å²) in [6, 6.07) is 12.9. The fourth-order valence-corrected chi connectivity index (χ4v) is 3.01. The van der Waals surface area contributed by atoms with Crippen LogP contribution in [0.4, 0.5) is 0 Å². The minimum absolute atomic E-state index is 0.245. The van der Waals surface area contributed by atoms with E-state index in [9.17, 15) is 4.79 Å². The number of benzene rings is 2. The molecule has 0 spiro atoms. The van der Waals surface area contributed by atoms with Crippen LogP contribution in [-0.4, -0.2) is 31.3 Å². The number of hydrogen-bond acceptors (Lipinski definition) is 5. The van der Waals surface area contributed by atoms with Gasteiger partial charge in [0.15, 0.2) is 16.6 Å². The average Bonchev–Trinajstić information content (AvgIpc) is 2.78. The molecule has 32 heavy (non-hydrogen) atoms. The first-order valence-electron chi connectivity index (χ1n) is 11.0. The number of hydrogen-bond donors (Lipinski definition) is 2. The van der Waals surface area contributed by atoms with E-state index in [1.807, 2.05) is 24.3 Å². The molecule has 2 rings (SSSR count). The lowest BCUT2D eigenvalue weighted by Crippen LogP contribution is -2.39. The molecule has 0 aliphatic carbocycles. The highest BCUT2D eigenvalue weighted by Gasteiger charge is 2.14. The van der Waals surface area contributed by atoms with Gasteiger partial charge in [-0.05, 0) is 60.8 Å². The van der Waals surface area contributed by atoms with Gasteiger partial charge in [0.05, 0.1) is 25.9 Å². The minimum atomic E-state index is -0.306. The number of unbranched alkanes of at least 4 members (excludes halogenated alkanes) is 1. The van der Waals surface area contributed by atoms with E-state index in [2.05, 4.69) is 31.4 Å². The van der Waals surface area contributed by atoms with Crippen LogP contribution >= 0.6 is 12.2 Å². The van der Waals surface area contributed by atoms with E-state index in [0.717, 1.165) is 30.6 Å². The van der Waals surface area contributed by atoms with E-state index in [-0.39, 0.29) is 11.0 Å². The zero-order valence-corrected chi connectivity index (χ0v) is 20.2. The van der Waals surface area contributed by atoms with Gasteiger partial charge in [-0.3, -0.25) is 10.1 Å². The van der Waals surface area contributed by atoms with E-state index in [0.29, 0.717) is 42.7 Å². The lowest BCUT2D eigenvalue weighted by molar-refractivity contribution is 0.0972. The number of amides is 1. The monoisotopic (exact) mass is 458 g/mol. The number of ether oxygens (including phenoxy) is 3. The fraction of sp³-hybridized carbons (Fsp3) is 0.440. The summed E-state index contributed by atoms with van der Waals surface area (Å²) in [5.74, 6) is 2.16. The zero-order valence-electron chi connectivity index (χ0n) is 19.4. The van der Waals surface area contributed by atoms with Crippen LogP contribution in [0.25, 0.3) is 0 Å². The molecule has 0 unspecified atom stereocenters. The number of para-hydroxylation sites is 1. The number of carbonyl (C=O) groups is 1. The number of nitrogens with one attached hydrogen (secondary N) is 2.